The van der Waals surface area contributed by atoms with E-state index in [4.69, 9.17) is 22.2 Å². The van der Waals surface area contributed by atoms with E-state index in [1.165, 1.54) is 36.0 Å². The Balaban J connectivity index is 0.000000558. The number of pyridine rings is 1. The van der Waals surface area contributed by atoms with Crippen LogP contribution in [-0.2, 0) is 42.9 Å². The second-order valence-electron chi connectivity index (χ2n) is 31.5. The van der Waals surface area contributed by atoms with Crippen molar-refractivity contribution in [2.45, 2.75) is 201 Å². The van der Waals surface area contributed by atoms with Gasteiger partial charge in [0.1, 0.15) is 0 Å². The summed E-state index contributed by atoms with van der Waals surface area (Å²) < 4.78 is 0. The number of aromatic nitrogens is 1. The molecule has 0 saturated heterocycles. The molecular formula is C80H105N7O8. The highest BCUT2D eigenvalue weighted by Gasteiger charge is 2.34. The second-order valence-corrected chi connectivity index (χ2v) is 31.5. The van der Waals surface area contributed by atoms with Crippen molar-refractivity contribution in [3.05, 3.63) is 261 Å². The molecule has 0 atom stereocenters. The molecule has 0 unspecified atom stereocenters. The van der Waals surface area contributed by atoms with Crippen molar-refractivity contribution in [3.63, 3.8) is 0 Å². The Kier molecular flexibility index (Phi) is 33.5. The van der Waals surface area contributed by atoms with Gasteiger partial charge >= 0.3 is 5.97 Å². The predicted octanol–water partition coefficient (Wildman–Crippen LogP) is 22.2. The van der Waals surface area contributed by atoms with Gasteiger partial charge < -0.3 is 5.11 Å². The van der Waals surface area contributed by atoms with Gasteiger partial charge in [0.2, 0.25) is 5.69 Å². The van der Waals surface area contributed by atoms with Crippen LogP contribution in [0.15, 0.2) is 164 Å². The molecule has 0 aliphatic heterocycles. The molecule has 0 fully saturated rings. The monoisotopic (exact) mass is 1290 g/mol. The molecule has 508 valence electrons. The van der Waals surface area contributed by atoms with Crippen molar-refractivity contribution in [1.82, 2.24) is 4.98 Å². The number of nitro groups is 3. The van der Waals surface area contributed by atoms with E-state index in [2.05, 4.69) is 207 Å². The van der Waals surface area contributed by atoms with E-state index < -0.39 is 38.2 Å². The number of nitro benzene ring substituents is 3. The van der Waals surface area contributed by atoms with Crippen LogP contribution in [0.25, 0.3) is 4.85 Å². The predicted molar refractivity (Wildman–Crippen MR) is 388 cm³/mol. The number of nitriles is 2. The average Bonchev–Trinajstić information content (AvgIpc) is 0.778. The summed E-state index contributed by atoms with van der Waals surface area (Å²) in [6.45, 7) is 51.3. The van der Waals surface area contributed by atoms with Crippen molar-refractivity contribution in [1.29, 1.82) is 10.5 Å². The smallest absolute Gasteiger partial charge is 0.336 e. The molecule has 0 radical (unpaired) electrons. The number of hydrogen-bond acceptors (Lipinski definition) is 10. The molecular weight excluding hydrogens is 1190 g/mol. The van der Waals surface area contributed by atoms with Crippen molar-refractivity contribution in [3.8, 4) is 12.1 Å². The van der Waals surface area contributed by atoms with Crippen molar-refractivity contribution in [2.24, 2.45) is 27.1 Å². The van der Waals surface area contributed by atoms with Gasteiger partial charge in [-0.2, -0.15) is 10.5 Å². The van der Waals surface area contributed by atoms with Crippen LogP contribution in [0.3, 0.4) is 0 Å². The van der Waals surface area contributed by atoms with E-state index in [-0.39, 0.29) is 32.4 Å². The molecule has 15 heteroatoms. The highest BCUT2D eigenvalue weighted by atomic mass is 16.6. The molecule has 1 heterocycles. The molecule has 7 aromatic rings. The van der Waals surface area contributed by atoms with Crippen LogP contribution in [0.5, 0.6) is 0 Å². The molecule has 1 N–H and O–H groups in total. The molecule has 1 aromatic heterocycles. The zero-order valence-corrected chi connectivity index (χ0v) is 60.5. The quantitative estimate of drug-likeness (QED) is 0.0727. The van der Waals surface area contributed by atoms with Gasteiger partial charge in [-0.05, 0) is 123 Å². The SMILES string of the molecule is CC(C)(C)CCc1ccc(C#N)cc1.CC(C)(C)CCc1ccccc1.CC(C)(C)Cc1ccc([N+](=O)[O-])cc1.CC(C)(C)Cc1ccccc1.CC(C)(C)Cc1ccccc1C#N.CC(C)(C)c1c(C(=O)O)cc([N+](=O)[O-])cc1[N+](=O)[O-].[C-]#[N+]c1ccc(C(C)(C)C)nc1. The lowest BCUT2D eigenvalue weighted by molar-refractivity contribution is -0.394. The zero-order valence-electron chi connectivity index (χ0n) is 60.5. The summed E-state index contributed by atoms with van der Waals surface area (Å²) in [7, 11) is 0. The molecule has 0 aliphatic rings. The normalized spacial score (nSPS) is 11.2. The summed E-state index contributed by atoms with van der Waals surface area (Å²) in [5.74, 6) is -1.43. The fraction of sp³-hybridized carbons (Fsp3) is 0.438. The van der Waals surface area contributed by atoms with E-state index in [0.29, 0.717) is 21.9 Å². The van der Waals surface area contributed by atoms with Crippen molar-refractivity contribution in [2.75, 3.05) is 0 Å². The number of carboxylic acid groups (broad SMARTS) is 1. The Labute approximate surface area is 568 Å². The van der Waals surface area contributed by atoms with Crippen LogP contribution in [0.4, 0.5) is 22.7 Å². The van der Waals surface area contributed by atoms with Crippen LogP contribution in [0.2, 0.25) is 0 Å². The number of carboxylic acids is 1. The minimum absolute atomic E-state index is 0.0319. The van der Waals surface area contributed by atoms with Crippen LogP contribution in [0, 0.1) is 86.7 Å². The van der Waals surface area contributed by atoms with Gasteiger partial charge in [-0.15, -0.1) is 0 Å². The fourth-order valence-electron chi connectivity index (χ4n) is 9.05. The number of hydrogen-bond donors (Lipinski definition) is 1. The maximum absolute atomic E-state index is 11.2. The Bertz CT molecular complexity index is 3590. The van der Waals surface area contributed by atoms with E-state index in [9.17, 15) is 35.1 Å². The molecule has 0 saturated carbocycles. The summed E-state index contributed by atoms with van der Waals surface area (Å²) in [4.78, 5) is 48.7. The first kappa shape index (κ1) is 83.6. The second kappa shape index (κ2) is 38.1. The Morgan fingerprint density at radius 1 is 0.484 bits per heavy atom. The number of rotatable bonds is 11. The number of benzene rings is 6. The van der Waals surface area contributed by atoms with Gasteiger partial charge in [-0.3, -0.25) is 35.3 Å². The Morgan fingerprint density at radius 2 is 0.905 bits per heavy atom. The lowest BCUT2D eigenvalue weighted by Gasteiger charge is -2.20. The summed E-state index contributed by atoms with van der Waals surface area (Å²) in [5, 5.41) is 58.7. The fourth-order valence-corrected chi connectivity index (χ4v) is 9.05. The Hall–Kier alpha value is -9.39. The van der Waals surface area contributed by atoms with E-state index >= 15 is 0 Å². The van der Waals surface area contributed by atoms with Crippen molar-refractivity contribution >= 4 is 28.7 Å². The van der Waals surface area contributed by atoms with Gasteiger partial charge in [0.15, 0.2) is 0 Å². The van der Waals surface area contributed by atoms with E-state index in [1.54, 1.807) is 45.2 Å². The number of aryl methyl sites for hydroxylation is 2. The Morgan fingerprint density at radius 3 is 1.26 bits per heavy atom. The van der Waals surface area contributed by atoms with Crippen LogP contribution in [0.1, 0.15) is 219 Å². The summed E-state index contributed by atoms with van der Waals surface area (Å²) in [5.41, 5.74) is 9.13. The molecule has 0 aliphatic carbocycles. The zero-order chi connectivity index (χ0) is 72.8. The van der Waals surface area contributed by atoms with Gasteiger partial charge in [-0.1, -0.05) is 261 Å². The highest BCUT2D eigenvalue weighted by Crippen LogP contribution is 2.38. The topological polar surface area (TPSA) is 232 Å². The summed E-state index contributed by atoms with van der Waals surface area (Å²) >= 11 is 0. The summed E-state index contributed by atoms with van der Waals surface area (Å²) in [6, 6.07) is 53.4. The minimum atomic E-state index is -1.43. The third kappa shape index (κ3) is 37.2. The molecule has 0 spiro atoms. The van der Waals surface area contributed by atoms with Crippen LogP contribution < -0.4 is 0 Å². The lowest BCUT2D eigenvalue weighted by atomic mass is 9.82. The number of carbonyl (C=O) groups is 1. The van der Waals surface area contributed by atoms with Gasteiger partial charge in [-0.25, -0.2) is 9.64 Å². The first-order valence-corrected chi connectivity index (χ1v) is 32.0. The highest BCUT2D eigenvalue weighted by molar-refractivity contribution is 5.92. The van der Waals surface area contributed by atoms with Crippen LogP contribution >= 0.6 is 0 Å². The molecule has 0 bridgehead atoms. The lowest BCUT2D eigenvalue weighted by Crippen LogP contribution is -2.19. The molecule has 95 heavy (non-hydrogen) atoms. The number of non-ortho nitro benzene ring substituents is 2. The first-order valence-electron chi connectivity index (χ1n) is 32.0. The maximum atomic E-state index is 11.2. The van der Waals surface area contributed by atoms with E-state index in [0.717, 1.165) is 65.8 Å². The number of nitrogens with zero attached hydrogens (tertiary/aromatic N) is 7. The molecule has 6 aromatic carbocycles. The largest absolute Gasteiger partial charge is 0.478 e. The number of aromatic carboxylic acids is 1. The maximum Gasteiger partial charge on any atom is 0.336 e. The van der Waals surface area contributed by atoms with Crippen LogP contribution in [-0.4, -0.2) is 30.8 Å². The third-order valence-electron chi connectivity index (χ3n) is 13.7. The van der Waals surface area contributed by atoms with Gasteiger partial charge in [0.05, 0.1) is 61.8 Å². The molecule has 7 rings (SSSR count). The first-order chi connectivity index (χ1) is 43.7. The van der Waals surface area contributed by atoms with E-state index in [1.807, 2.05) is 66.7 Å². The van der Waals surface area contributed by atoms with Gasteiger partial charge in [0, 0.05) is 35.5 Å². The third-order valence-corrected chi connectivity index (χ3v) is 13.7. The molecule has 15 nitrogen and oxygen atoms in total. The summed E-state index contributed by atoms with van der Waals surface area (Å²) in [6.07, 6.45) is 9.40. The minimum Gasteiger partial charge on any atom is -0.478 e. The molecule has 0 amide bonds. The van der Waals surface area contributed by atoms with Crippen molar-refractivity contribution < 1.29 is 24.7 Å². The standard InChI is InChI=1S/C13H17N.C12H15N.C12H18.C11H12N2O6.C11H15NO2.C11H16.C10H12N2/c1-13(2,3)9-8-11-4-6-12(10-14)7-5-11;1-12(2,3)8-10-6-4-5-7-11(10)9-13;1-12(2,3)10-9-11-7-5-4-6-8-11;1-11(2,3)9-7(10(14)15)4-6(12(16)17)5-8(9)13(18)19;1-11(2,3)8-9-4-6-10(7-5-9)12(13)14;1-11(2,3)9-10-7-5-4-6-8-10;1-10(2,3)9-6-5-8(11-4)7-12-9/h4-7H,8-9H2,1-3H3;4-7H,8H2,1-3H3;4-8H,9-10H2,1-3H3;4-5H,1-3H3,(H,14,15);4-7H,8H2,1-3H3;4-8H,9H2,1-3H3;5-7H,1-3H3. The van der Waals surface area contributed by atoms with Gasteiger partial charge in [0.25, 0.3) is 17.1 Å². The average molecular weight is 1290 g/mol.